The summed E-state index contributed by atoms with van der Waals surface area (Å²) in [6.45, 7) is 1.78. The van der Waals surface area contributed by atoms with E-state index in [1.54, 1.807) is 4.90 Å². The Morgan fingerprint density at radius 2 is 2.25 bits per heavy atom. The third-order valence-corrected chi connectivity index (χ3v) is 3.95. The third-order valence-electron chi connectivity index (χ3n) is 3.95. The van der Waals surface area contributed by atoms with Crippen LogP contribution in [0, 0.1) is 11.3 Å². The molecule has 2 saturated heterocycles. The summed E-state index contributed by atoms with van der Waals surface area (Å²) in [5.74, 6) is 0.0456. The van der Waals surface area contributed by atoms with Crippen molar-refractivity contribution in [3.8, 4) is 11.9 Å². The van der Waals surface area contributed by atoms with E-state index < -0.39 is 6.09 Å². The molecular formula is C15H17N5O4. The first-order chi connectivity index (χ1) is 11.7. The van der Waals surface area contributed by atoms with Crippen LogP contribution in [0.3, 0.4) is 0 Å². The number of ether oxygens (including phenoxy) is 2. The van der Waals surface area contributed by atoms with Crippen LogP contribution in [-0.2, 0) is 9.53 Å². The van der Waals surface area contributed by atoms with E-state index in [0.29, 0.717) is 26.2 Å². The predicted molar refractivity (Wildman–Crippen MR) is 79.9 cm³/mol. The van der Waals surface area contributed by atoms with Gasteiger partial charge in [0, 0.05) is 18.9 Å². The molecule has 1 aromatic rings. The molecule has 0 spiro atoms. The molecule has 1 unspecified atom stereocenters. The van der Waals surface area contributed by atoms with Crippen LogP contribution in [0.4, 0.5) is 4.79 Å². The number of rotatable bonds is 4. The molecule has 1 atom stereocenters. The van der Waals surface area contributed by atoms with E-state index in [0.717, 1.165) is 12.8 Å². The van der Waals surface area contributed by atoms with Crippen LogP contribution in [0.15, 0.2) is 12.4 Å². The van der Waals surface area contributed by atoms with E-state index in [1.165, 1.54) is 17.3 Å². The van der Waals surface area contributed by atoms with Gasteiger partial charge in [-0.3, -0.25) is 9.69 Å². The fourth-order valence-electron chi connectivity index (χ4n) is 2.74. The second kappa shape index (κ2) is 7.12. The number of carbonyl (C=O) groups is 2. The molecule has 2 aliphatic rings. The van der Waals surface area contributed by atoms with Crippen molar-refractivity contribution in [3.05, 3.63) is 18.1 Å². The average Bonchev–Trinajstić information content (AvgIpc) is 3.00. The first-order valence-corrected chi connectivity index (χ1v) is 7.74. The summed E-state index contributed by atoms with van der Waals surface area (Å²) < 4.78 is 10.6. The molecule has 24 heavy (non-hydrogen) atoms. The Bertz CT molecular complexity index is 674. The lowest BCUT2D eigenvalue weighted by atomic mass is 10.1. The third kappa shape index (κ3) is 3.53. The quantitative estimate of drug-likeness (QED) is 0.773. The van der Waals surface area contributed by atoms with Gasteiger partial charge < -0.3 is 14.4 Å². The summed E-state index contributed by atoms with van der Waals surface area (Å²) in [5.41, 5.74) is 0.126. The number of likely N-dealkylation sites (tertiary alicyclic amines) is 1. The highest BCUT2D eigenvalue weighted by molar-refractivity contribution is 5.83. The van der Waals surface area contributed by atoms with Crippen LogP contribution < -0.4 is 4.74 Å². The van der Waals surface area contributed by atoms with Crippen LogP contribution >= 0.6 is 0 Å². The van der Waals surface area contributed by atoms with E-state index in [4.69, 9.17) is 14.7 Å². The number of aromatic nitrogens is 2. The number of cyclic esters (lactones) is 1. The molecule has 0 N–H and O–H groups in total. The molecule has 0 saturated carbocycles. The molecule has 2 amide bonds. The van der Waals surface area contributed by atoms with Gasteiger partial charge in [-0.25, -0.2) is 14.8 Å². The minimum Gasteiger partial charge on any atom is -0.470 e. The SMILES string of the molecule is N#Cc1nccnc1OC1CCCN(C(=O)CN2CCOC2=O)C1. The van der Waals surface area contributed by atoms with Gasteiger partial charge in [0.25, 0.3) is 5.88 Å². The number of piperidine rings is 1. The Hall–Kier alpha value is -2.89. The zero-order valence-electron chi connectivity index (χ0n) is 13.1. The van der Waals surface area contributed by atoms with Gasteiger partial charge in [-0.2, -0.15) is 5.26 Å². The van der Waals surface area contributed by atoms with Crippen LogP contribution in [0.2, 0.25) is 0 Å². The van der Waals surface area contributed by atoms with Gasteiger partial charge in [0.1, 0.15) is 25.3 Å². The van der Waals surface area contributed by atoms with E-state index in [9.17, 15) is 9.59 Å². The molecular weight excluding hydrogens is 314 g/mol. The molecule has 3 heterocycles. The Labute approximate surface area is 138 Å². The smallest absolute Gasteiger partial charge is 0.410 e. The van der Waals surface area contributed by atoms with Crippen molar-refractivity contribution < 1.29 is 19.1 Å². The Morgan fingerprint density at radius 3 is 3.00 bits per heavy atom. The monoisotopic (exact) mass is 331 g/mol. The summed E-state index contributed by atoms with van der Waals surface area (Å²) in [5, 5.41) is 9.03. The zero-order valence-corrected chi connectivity index (χ0v) is 13.1. The Kier molecular flexibility index (Phi) is 4.74. The molecule has 126 valence electrons. The van der Waals surface area contributed by atoms with Crippen LogP contribution in [0.25, 0.3) is 0 Å². The van der Waals surface area contributed by atoms with Gasteiger partial charge in [0.05, 0.1) is 13.1 Å². The highest BCUT2D eigenvalue weighted by atomic mass is 16.6. The van der Waals surface area contributed by atoms with Gasteiger partial charge >= 0.3 is 6.09 Å². The van der Waals surface area contributed by atoms with Crippen molar-refractivity contribution >= 4 is 12.0 Å². The van der Waals surface area contributed by atoms with Crippen LogP contribution in [0.1, 0.15) is 18.5 Å². The molecule has 0 aromatic carbocycles. The van der Waals surface area contributed by atoms with Crippen molar-refractivity contribution in [3.63, 3.8) is 0 Å². The number of amides is 2. The highest BCUT2D eigenvalue weighted by Crippen LogP contribution is 2.19. The summed E-state index contributed by atoms with van der Waals surface area (Å²) in [6, 6.07) is 1.94. The van der Waals surface area contributed by atoms with E-state index in [1.807, 2.05) is 6.07 Å². The fourth-order valence-corrected chi connectivity index (χ4v) is 2.74. The lowest BCUT2D eigenvalue weighted by Gasteiger charge is -2.33. The lowest BCUT2D eigenvalue weighted by Crippen LogP contribution is -2.48. The number of nitriles is 1. The number of hydrogen-bond donors (Lipinski definition) is 0. The number of carbonyl (C=O) groups excluding carboxylic acids is 2. The molecule has 0 bridgehead atoms. The maximum absolute atomic E-state index is 12.4. The maximum Gasteiger partial charge on any atom is 0.410 e. The van der Waals surface area contributed by atoms with Crippen molar-refractivity contribution in [1.82, 2.24) is 19.8 Å². The topological polar surface area (TPSA) is 109 Å². The van der Waals surface area contributed by atoms with Crippen LogP contribution in [-0.4, -0.2) is 70.7 Å². The van der Waals surface area contributed by atoms with Gasteiger partial charge in [-0.1, -0.05) is 0 Å². The predicted octanol–water partition coefficient (Wildman–Crippen LogP) is 0.170. The second-order valence-corrected chi connectivity index (χ2v) is 5.58. The lowest BCUT2D eigenvalue weighted by molar-refractivity contribution is -0.134. The highest BCUT2D eigenvalue weighted by Gasteiger charge is 2.30. The Morgan fingerprint density at radius 1 is 1.42 bits per heavy atom. The largest absolute Gasteiger partial charge is 0.470 e. The van der Waals surface area contributed by atoms with Crippen molar-refractivity contribution in [2.45, 2.75) is 18.9 Å². The molecule has 9 nitrogen and oxygen atoms in total. The van der Waals surface area contributed by atoms with E-state index in [2.05, 4.69) is 9.97 Å². The van der Waals surface area contributed by atoms with Gasteiger partial charge in [0.2, 0.25) is 11.6 Å². The normalized spacial score (nSPS) is 20.5. The molecule has 2 fully saturated rings. The summed E-state index contributed by atoms with van der Waals surface area (Å²) in [6.07, 6.45) is 3.72. The summed E-state index contributed by atoms with van der Waals surface area (Å²) >= 11 is 0. The molecule has 1 aromatic heterocycles. The molecule has 3 rings (SSSR count). The fraction of sp³-hybridized carbons (Fsp3) is 0.533. The first kappa shape index (κ1) is 16.0. The van der Waals surface area contributed by atoms with E-state index >= 15 is 0 Å². The number of nitrogens with zero attached hydrogens (tertiary/aromatic N) is 5. The first-order valence-electron chi connectivity index (χ1n) is 7.74. The van der Waals surface area contributed by atoms with Gasteiger partial charge in [-0.05, 0) is 12.8 Å². The second-order valence-electron chi connectivity index (χ2n) is 5.58. The standard InChI is InChI=1S/C15H17N5O4/c16-8-12-14(18-4-3-17-12)24-11-2-1-5-19(9-11)13(21)10-20-6-7-23-15(20)22/h3-4,11H,1-2,5-7,9-10H2. The molecule has 0 radical (unpaired) electrons. The summed E-state index contributed by atoms with van der Waals surface area (Å²) in [4.78, 5) is 34.8. The Balaban J connectivity index is 1.59. The summed E-state index contributed by atoms with van der Waals surface area (Å²) in [7, 11) is 0. The van der Waals surface area contributed by atoms with Gasteiger partial charge in [-0.15, -0.1) is 0 Å². The minimum absolute atomic E-state index is 0.0140. The average molecular weight is 331 g/mol. The van der Waals surface area contributed by atoms with Crippen molar-refractivity contribution in [2.24, 2.45) is 0 Å². The molecule has 9 heteroatoms. The molecule has 0 aliphatic carbocycles. The number of hydrogen-bond acceptors (Lipinski definition) is 7. The van der Waals surface area contributed by atoms with Crippen LogP contribution in [0.5, 0.6) is 5.88 Å². The minimum atomic E-state index is -0.452. The van der Waals surface area contributed by atoms with Crippen molar-refractivity contribution in [1.29, 1.82) is 5.26 Å². The maximum atomic E-state index is 12.4. The molecule has 2 aliphatic heterocycles. The zero-order chi connectivity index (χ0) is 16.9. The van der Waals surface area contributed by atoms with E-state index in [-0.39, 0.29) is 30.1 Å². The van der Waals surface area contributed by atoms with Crippen molar-refractivity contribution in [2.75, 3.05) is 32.8 Å². The van der Waals surface area contributed by atoms with Gasteiger partial charge in [0.15, 0.2) is 0 Å².